The molecule has 2 heterocycles. The Morgan fingerprint density at radius 1 is 1.35 bits per heavy atom. The molecular formula is C21H22BrNO3. The molecule has 0 fully saturated rings. The molecule has 2 unspecified atom stereocenters. The van der Waals surface area contributed by atoms with Crippen LogP contribution in [0.25, 0.3) is 0 Å². The van der Waals surface area contributed by atoms with Crippen molar-refractivity contribution in [2.45, 2.75) is 31.7 Å². The summed E-state index contributed by atoms with van der Waals surface area (Å²) in [6.45, 7) is 5.15. The highest BCUT2D eigenvalue weighted by Crippen LogP contribution is 2.57. The van der Waals surface area contributed by atoms with E-state index in [1.807, 2.05) is 18.2 Å². The Kier molecular flexibility index (Phi) is 4.22. The fraction of sp³-hybridized carbons (Fsp3) is 0.381. The summed E-state index contributed by atoms with van der Waals surface area (Å²) >= 11 is 3.83. The van der Waals surface area contributed by atoms with Gasteiger partial charge in [-0.1, -0.05) is 38.1 Å². The van der Waals surface area contributed by atoms with Crippen LogP contribution in [0.5, 0.6) is 11.5 Å². The van der Waals surface area contributed by atoms with Crippen LogP contribution in [0.4, 0.5) is 5.69 Å². The highest BCUT2D eigenvalue weighted by Gasteiger charge is 2.49. The van der Waals surface area contributed by atoms with E-state index in [0.29, 0.717) is 13.0 Å². The zero-order valence-corrected chi connectivity index (χ0v) is 16.7. The third-order valence-electron chi connectivity index (χ3n) is 5.81. The molecule has 0 aliphatic carbocycles. The van der Waals surface area contributed by atoms with Gasteiger partial charge in [-0.25, -0.2) is 0 Å². The average molecular weight is 416 g/mol. The first-order valence-electron chi connectivity index (χ1n) is 8.80. The molecule has 4 nitrogen and oxygen atoms in total. The summed E-state index contributed by atoms with van der Waals surface area (Å²) in [5.41, 5.74) is 4.47. The van der Waals surface area contributed by atoms with Crippen molar-refractivity contribution >= 4 is 28.1 Å². The summed E-state index contributed by atoms with van der Waals surface area (Å²) in [7, 11) is 1.67. The molecule has 0 radical (unpaired) electrons. The van der Waals surface area contributed by atoms with E-state index in [4.69, 9.17) is 9.47 Å². The number of halogens is 1. The van der Waals surface area contributed by atoms with E-state index in [1.165, 1.54) is 5.56 Å². The van der Waals surface area contributed by atoms with Gasteiger partial charge in [0.15, 0.2) is 11.5 Å². The number of ether oxygens (including phenoxy) is 2. The van der Waals surface area contributed by atoms with Crippen molar-refractivity contribution < 1.29 is 14.3 Å². The lowest BCUT2D eigenvalue weighted by Gasteiger charge is -2.51. The largest absolute Gasteiger partial charge is 0.493 e. The molecular weight excluding hydrogens is 394 g/mol. The highest BCUT2D eigenvalue weighted by atomic mass is 79.9. The van der Waals surface area contributed by atoms with Gasteiger partial charge in [0.05, 0.1) is 41.6 Å². The van der Waals surface area contributed by atoms with E-state index in [1.54, 1.807) is 7.11 Å². The lowest BCUT2D eigenvalue weighted by atomic mass is 9.65. The highest BCUT2D eigenvalue weighted by molar-refractivity contribution is 9.10. The van der Waals surface area contributed by atoms with E-state index in [2.05, 4.69) is 52.1 Å². The second kappa shape index (κ2) is 6.31. The minimum Gasteiger partial charge on any atom is -0.493 e. The van der Waals surface area contributed by atoms with Gasteiger partial charge >= 0.3 is 0 Å². The Labute approximate surface area is 162 Å². The first-order chi connectivity index (χ1) is 12.5. The van der Waals surface area contributed by atoms with Gasteiger partial charge in [-0.3, -0.25) is 0 Å². The molecule has 2 atom stereocenters. The lowest BCUT2D eigenvalue weighted by Crippen LogP contribution is -2.48. The number of hydrogen-bond acceptors (Lipinski definition) is 4. The molecule has 26 heavy (non-hydrogen) atoms. The summed E-state index contributed by atoms with van der Waals surface area (Å²) in [6, 6.07) is 12.5. The van der Waals surface area contributed by atoms with Crippen molar-refractivity contribution in [3.05, 3.63) is 53.1 Å². The van der Waals surface area contributed by atoms with Gasteiger partial charge in [0.2, 0.25) is 0 Å². The number of benzene rings is 2. The Balaban J connectivity index is 1.88. The molecule has 0 aromatic heterocycles. The van der Waals surface area contributed by atoms with Gasteiger partial charge in [-0.2, -0.15) is 0 Å². The number of fused-ring (bicyclic) bond motifs is 4. The number of hydrogen-bond donors (Lipinski definition) is 0. The molecule has 2 aliphatic heterocycles. The fourth-order valence-electron chi connectivity index (χ4n) is 4.30. The summed E-state index contributed by atoms with van der Waals surface area (Å²) in [6.07, 6.45) is 1.40. The van der Waals surface area contributed by atoms with Crippen molar-refractivity contribution in [1.29, 1.82) is 0 Å². The van der Waals surface area contributed by atoms with Crippen LogP contribution in [0.15, 0.2) is 36.4 Å². The smallest absolute Gasteiger partial charge is 0.166 e. The number of carbonyl (C=O) groups excluding carboxylic acids is 1. The maximum absolute atomic E-state index is 10.9. The summed E-state index contributed by atoms with van der Waals surface area (Å²) < 4.78 is 13.8. The van der Waals surface area contributed by atoms with Gasteiger partial charge in [0.1, 0.15) is 6.29 Å². The number of nitrogens with zero attached hydrogens (tertiary/aromatic N) is 1. The Morgan fingerprint density at radius 2 is 2.15 bits per heavy atom. The molecule has 0 bridgehead atoms. The molecule has 4 rings (SSSR count). The standard InChI is InChI=1S/C21H22BrNO3/c1-21(2)15-11-13(9-10-24)7-8-17(15)23(22)19-14-5-4-6-18(25-3)20(14)26-12-16(19)21/h4-8,10-11,16,19H,9,12H2,1-3H3. The zero-order chi connectivity index (χ0) is 18.5. The van der Waals surface area contributed by atoms with Crippen molar-refractivity contribution in [3.8, 4) is 11.5 Å². The number of para-hydroxylation sites is 1. The van der Waals surface area contributed by atoms with Crippen molar-refractivity contribution in [3.63, 3.8) is 0 Å². The Bertz CT molecular complexity index is 864. The van der Waals surface area contributed by atoms with Crippen molar-refractivity contribution in [1.82, 2.24) is 0 Å². The third-order valence-corrected chi connectivity index (χ3v) is 6.64. The van der Waals surface area contributed by atoms with E-state index in [9.17, 15) is 4.79 Å². The molecule has 2 aromatic rings. The van der Waals surface area contributed by atoms with Crippen LogP contribution in [-0.4, -0.2) is 20.0 Å². The second-order valence-corrected chi connectivity index (χ2v) is 8.26. The molecule has 136 valence electrons. The first-order valence-corrected chi connectivity index (χ1v) is 9.51. The lowest BCUT2D eigenvalue weighted by molar-refractivity contribution is -0.107. The van der Waals surface area contributed by atoms with Gasteiger partial charge in [0.25, 0.3) is 0 Å². The summed E-state index contributed by atoms with van der Waals surface area (Å²) in [5.74, 6) is 1.87. The minimum absolute atomic E-state index is 0.0933. The topological polar surface area (TPSA) is 38.8 Å². The maximum Gasteiger partial charge on any atom is 0.166 e. The molecule has 0 amide bonds. The number of anilines is 1. The van der Waals surface area contributed by atoms with Crippen LogP contribution in [0.1, 0.15) is 36.6 Å². The number of aldehydes is 1. The normalized spacial score (nSPS) is 22.5. The molecule has 0 N–H and O–H groups in total. The maximum atomic E-state index is 10.9. The van der Waals surface area contributed by atoms with E-state index < -0.39 is 0 Å². The predicted octanol–water partition coefficient (Wildman–Crippen LogP) is 4.59. The molecule has 2 aromatic carbocycles. The Morgan fingerprint density at radius 3 is 2.88 bits per heavy atom. The van der Waals surface area contributed by atoms with E-state index in [0.717, 1.165) is 34.6 Å². The van der Waals surface area contributed by atoms with Gasteiger partial charge < -0.3 is 18.2 Å². The monoisotopic (exact) mass is 415 g/mol. The van der Waals surface area contributed by atoms with Gasteiger partial charge in [-0.15, -0.1) is 0 Å². The van der Waals surface area contributed by atoms with E-state index in [-0.39, 0.29) is 17.4 Å². The van der Waals surface area contributed by atoms with Crippen LogP contribution in [-0.2, 0) is 16.6 Å². The predicted molar refractivity (Wildman–Crippen MR) is 105 cm³/mol. The zero-order valence-electron chi connectivity index (χ0n) is 15.2. The number of rotatable bonds is 3. The minimum atomic E-state index is -0.0933. The summed E-state index contributed by atoms with van der Waals surface area (Å²) in [4.78, 5) is 10.9. The quantitative estimate of drug-likeness (QED) is 0.542. The van der Waals surface area contributed by atoms with Gasteiger partial charge in [0, 0.05) is 23.3 Å². The van der Waals surface area contributed by atoms with Crippen LogP contribution in [0.2, 0.25) is 0 Å². The van der Waals surface area contributed by atoms with Gasteiger partial charge in [-0.05, 0) is 23.3 Å². The average Bonchev–Trinajstić information content (AvgIpc) is 2.65. The van der Waals surface area contributed by atoms with Crippen molar-refractivity contribution in [2.24, 2.45) is 5.92 Å². The SMILES string of the molecule is COc1cccc2c1OCC1C2N(Br)c2ccc(CC=O)cc2C1(C)C. The Hall–Kier alpha value is -2.01. The molecule has 0 saturated carbocycles. The van der Waals surface area contributed by atoms with Crippen LogP contribution in [0.3, 0.4) is 0 Å². The third kappa shape index (κ3) is 2.44. The summed E-state index contributed by atoms with van der Waals surface area (Å²) in [5, 5.41) is 0. The fourth-order valence-corrected chi connectivity index (χ4v) is 5.12. The van der Waals surface area contributed by atoms with Crippen molar-refractivity contribution in [2.75, 3.05) is 17.6 Å². The van der Waals surface area contributed by atoms with Crippen LogP contribution >= 0.6 is 16.1 Å². The second-order valence-electron chi connectivity index (χ2n) is 7.50. The van der Waals surface area contributed by atoms with E-state index >= 15 is 0 Å². The number of methoxy groups -OCH3 is 1. The first kappa shape index (κ1) is 17.4. The molecule has 0 spiro atoms. The molecule has 5 heteroatoms. The molecule has 2 aliphatic rings. The molecule has 0 saturated heterocycles. The van der Waals surface area contributed by atoms with Crippen LogP contribution < -0.4 is 13.4 Å². The number of carbonyl (C=O) groups is 1. The van der Waals surface area contributed by atoms with Crippen LogP contribution in [0, 0.1) is 5.92 Å².